The molecule has 5 nitrogen and oxygen atoms in total. The average molecular weight is 334 g/mol. The van der Waals surface area contributed by atoms with Gasteiger partial charge in [0.1, 0.15) is 5.75 Å². The topological polar surface area (TPSA) is 90.7 Å². The Kier molecular flexibility index (Phi) is 5.82. The highest BCUT2D eigenvalue weighted by molar-refractivity contribution is 6.47. The van der Waals surface area contributed by atoms with Gasteiger partial charge in [-0.25, -0.2) is 4.99 Å². The molecule has 0 aromatic heterocycles. The van der Waals surface area contributed by atoms with E-state index in [2.05, 4.69) is 11.9 Å². The fourth-order valence-corrected chi connectivity index (χ4v) is 2.23. The molecule has 1 aliphatic carbocycles. The summed E-state index contributed by atoms with van der Waals surface area (Å²) in [5.74, 6) is 0.316. The molecule has 122 valence electrons. The first-order valence-corrected chi connectivity index (χ1v) is 7.89. The van der Waals surface area contributed by atoms with Gasteiger partial charge in [0.15, 0.2) is 5.78 Å². The molecule has 0 saturated carbocycles. The number of ether oxygens (including phenoxy) is 1. The van der Waals surface area contributed by atoms with Crippen molar-refractivity contribution in [3.63, 3.8) is 0 Å². The molecular formula is C17H20ClN3O2. The number of carbonyl (C=O) groups is 1. The second-order valence-corrected chi connectivity index (χ2v) is 5.64. The monoisotopic (exact) mass is 333 g/mol. The number of hydrogen-bond donors (Lipinski definition) is 2. The first-order valence-electron chi connectivity index (χ1n) is 7.51. The highest BCUT2D eigenvalue weighted by atomic mass is 35.5. The number of unbranched alkanes of at least 4 members (excludes halogenated alkanes) is 2. The van der Waals surface area contributed by atoms with Crippen LogP contribution in [0, 0.1) is 0 Å². The first-order chi connectivity index (χ1) is 11.0. The average Bonchev–Trinajstić information content (AvgIpc) is 2.51. The summed E-state index contributed by atoms with van der Waals surface area (Å²) in [6, 6.07) is 3.33. The van der Waals surface area contributed by atoms with E-state index in [4.69, 9.17) is 27.8 Å². The number of nitrogen functional groups attached to an aromatic ring is 2. The number of nitrogens with zero attached hydrogens (tertiary/aromatic N) is 1. The molecule has 0 unspecified atom stereocenters. The summed E-state index contributed by atoms with van der Waals surface area (Å²) in [6.45, 7) is 2.73. The zero-order chi connectivity index (χ0) is 16.8. The van der Waals surface area contributed by atoms with E-state index in [9.17, 15) is 4.79 Å². The second-order valence-electron chi connectivity index (χ2n) is 5.23. The molecule has 6 heteroatoms. The van der Waals surface area contributed by atoms with Crippen LogP contribution < -0.4 is 16.2 Å². The molecule has 1 aliphatic rings. The van der Waals surface area contributed by atoms with Crippen LogP contribution in [0.1, 0.15) is 26.2 Å². The van der Waals surface area contributed by atoms with Crippen molar-refractivity contribution in [3.05, 3.63) is 35.4 Å². The Bertz CT molecular complexity index is 693. The fraction of sp³-hybridized carbons (Fsp3) is 0.294. The summed E-state index contributed by atoms with van der Waals surface area (Å²) in [7, 11) is 0. The van der Waals surface area contributed by atoms with Crippen LogP contribution in [0.2, 0.25) is 0 Å². The van der Waals surface area contributed by atoms with Gasteiger partial charge >= 0.3 is 0 Å². The molecule has 0 saturated heterocycles. The molecule has 0 radical (unpaired) electrons. The number of rotatable bonds is 6. The van der Waals surface area contributed by atoms with Crippen LogP contribution in [-0.4, -0.2) is 18.1 Å². The third kappa shape index (κ3) is 4.60. The minimum atomic E-state index is -0.240. The van der Waals surface area contributed by atoms with Crippen LogP contribution in [0.4, 0.5) is 17.1 Å². The summed E-state index contributed by atoms with van der Waals surface area (Å²) in [5, 5.41) is 0.122. The molecule has 0 spiro atoms. The largest absolute Gasteiger partial charge is 0.491 e. The lowest BCUT2D eigenvalue weighted by molar-refractivity contribution is -0.110. The highest BCUT2D eigenvalue weighted by Gasteiger charge is 2.11. The molecule has 0 aliphatic heterocycles. The molecule has 0 amide bonds. The number of benzene rings is 1. The van der Waals surface area contributed by atoms with Crippen LogP contribution >= 0.6 is 11.6 Å². The van der Waals surface area contributed by atoms with Crippen molar-refractivity contribution < 1.29 is 9.53 Å². The van der Waals surface area contributed by atoms with E-state index in [1.165, 1.54) is 12.2 Å². The van der Waals surface area contributed by atoms with Crippen molar-refractivity contribution in [3.8, 4) is 5.75 Å². The summed E-state index contributed by atoms with van der Waals surface area (Å²) in [5.41, 5.74) is 13.9. The van der Waals surface area contributed by atoms with Crippen molar-refractivity contribution in [1.82, 2.24) is 0 Å². The van der Waals surface area contributed by atoms with Gasteiger partial charge in [-0.15, -0.1) is 0 Å². The van der Waals surface area contributed by atoms with E-state index < -0.39 is 0 Å². The molecular weight excluding hydrogens is 314 g/mol. The molecule has 0 bridgehead atoms. The SMILES string of the molecule is CCCCCOc1cc(N=C2C=CC(=O)C(Cl)=C2)c(N)cc1N. The Labute approximate surface area is 140 Å². The second kappa shape index (κ2) is 7.83. The summed E-state index contributed by atoms with van der Waals surface area (Å²) in [4.78, 5) is 15.7. The maximum absolute atomic E-state index is 11.3. The Morgan fingerprint density at radius 3 is 2.65 bits per heavy atom. The van der Waals surface area contributed by atoms with Gasteiger partial charge < -0.3 is 16.2 Å². The molecule has 0 fully saturated rings. The summed E-state index contributed by atoms with van der Waals surface area (Å²) in [6.07, 6.45) is 7.65. The number of halogens is 1. The van der Waals surface area contributed by atoms with Gasteiger partial charge in [0.05, 0.1) is 34.4 Å². The number of nitrogens with two attached hydrogens (primary N) is 2. The molecule has 0 atom stereocenters. The van der Waals surface area contributed by atoms with Crippen molar-refractivity contribution in [2.75, 3.05) is 18.1 Å². The fourth-order valence-electron chi connectivity index (χ4n) is 2.06. The molecule has 1 aromatic rings. The van der Waals surface area contributed by atoms with Gasteiger partial charge in [0, 0.05) is 6.07 Å². The highest BCUT2D eigenvalue weighted by Crippen LogP contribution is 2.34. The molecule has 4 N–H and O–H groups in total. The summed E-state index contributed by atoms with van der Waals surface area (Å²) < 4.78 is 5.70. The number of carbonyl (C=O) groups excluding carboxylic acids is 1. The Morgan fingerprint density at radius 1 is 1.17 bits per heavy atom. The first kappa shape index (κ1) is 17.1. The quantitative estimate of drug-likeness (QED) is 0.471. The van der Waals surface area contributed by atoms with Gasteiger partial charge in [-0.05, 0) is 30.7 Å². The Balaban J connectivity index is 2.22. The van der Waals surface area contributed by atoms with Crippen LogP contribution in [0.5, 0.6) is 5.75 Å². The predicted octanol–water partition coefficient (Wildman–Crippen LogP) is 3.75. The molecule has 1 aromatic carbocycles. The van der Waals surface area contributed by atoms with Crippen molar-refractivity contribution in [2.45, 2.75) is 26.2 Å². The molecule has 0 heterocycles. The number of hydrogen-bond acceptors (Lipinski definition) is 5. The zero-order valence-corrected chi connectivity index (χ0v) is 13.8. The van der Waals surface area contributed by atoms with Crippen LogP contribution in [0.15, 0.2) is 40.4 Å². The smallest absolute Gasteiger partial charge is 0.197 e. The maximum Gasteiger partial charge on any atom is 0.197 e. The van der Waals surface area contributed by atoms with E-state index in [1.54, 1.807) is 18.2 Å². The van der Waals surface area contributed by atoms with E-state index in [-0.39, 0.29) is 10.8 Å². The van der Waals surface area contributed by atoms with Crippen molar-refractivity contribution >= 4 is 40.2 Å². The number of aliphatic imine (C=N–C) groups is 1. The predicted molar refractivity (Wildman–Crippen MR) is 95.5 cm³/mol. The number of allylic oxidation sites excluding steroid dienone is 4. The maximum atomic E-state index is 11.3. The number of anilines is 2. The van der Waals surface area contributed by atoms with Crippen LogP contribution in [0.3, 0.4) is 0 Å². The van der Waals surface area contributed by atoms with E-state index in [0.717, 1.165) is 19.3 Å². The lowest BCUT2D eigenvalue weighted by Gasteiger charge is -2.12. The lowest BCUT2D eigenvalue weighted by atomic mass is 10.1. The molecule has 23 heavy (non-hydrogen) atoms. The van der Waals surface area contributed by atoms with Crippen LogP contribution in [-0.2, 0) is 4.79 Å². The Hall–Kier alpha value is -2.27. The van der Waals surface area contributed by atoms with Crippen LogP contribution in [0.25, 0.3) is 0 Å². The van der Waals surface area contributed by atoms with Gasteiger partial charge in [-0.3, -0.25) is 4.79 Å². The van der Waals surface area contributed by atoms with Gasteiger partial charge in [-0.2, -0.15) is 0 Å². The zero-order valence-electron chi connectivity index (χ0n) is 13.0. The Morgan fingerprint density at radius 2 is 1.96 bits per heavy atom. The summed E-state index contributed by atoms with van der Waals surface area (Å²) >= 11 is 5.83. The van der Waals surface area contributed by atoms with Gasteiger partial charge in [-0.1, -0.05) is 31.4 Å². The minimum absolute atomic E-state index is 0.122. The number of ketones is 1. The van der Waals surface area contributed by atoms with Gasteiger partial charge in [0.2, 0.25) is 0 Å². The lowest BCUT2D eigenvalue weighted by Crippen LogP contribution is -2.04. The third-order valence-electron chi connectivity index (χ3n) is 3.33. The van der Waals surface area contributed by atoms with E-state index in [0.29, 0.717) is 35.1 Å². The van der Waals surface area contributed by atoms with E-state index in [1.807, 2.05) is 0 Å². The normalized spacial score (nSPS) is 15.8. The third-order valence-corrected chi connectivity index (χ3v) is 3.62. The molecule has 2 rings (SSSR count). The van der Waals surface area contributed by atoms with E-state index >= 15 is 0 Å². The van der Waals surface area contributed by atoms with Gasteiger partial charge in [0.25, 0.3) is 0 Å². The standard InChI is InChI=1S/C17H20ClN3O2/c1-2-3-4-7-23-17-10-15(13(19)9-14(17)20)21-11-5-6-16(22)12(18)8-11/h5-6,8-10H,2-4,7,19-20H2,1H3. The van der Waals surface area contributed by atoms with Crippen molar-refractivity contribution in [1.29, 1.82) is 0 Å². The minimum Gasteiger partial charge on any atom is -0.491 e. The van der Waals surface area contributed by atoms with Crippen molar-refractivity contribution in [2.24, 2.45) is 4.99 Å².